The van der Waals surface area contributed by atoms with Crippen LogP contribution in [0.3, 0.4) is 0 Å². The van der Waals surface area contributed by atoms with Gasteiger partial charge in [0.2, 0.25) is 0 Å². The van der Waals surface area contributed by atoms with Crippen LogP contribution in [0.2, 0.25) is 0 Å². The maximum Gasteiger partial charge on any atom is 0.349 e. The van der Waals surface area contributed by atoms with Gasteiger partial charge in [-0.25, -0.2) is 4.79 Å². The first-order valence-corrected chi connectivity index (χ1v) is 17.4. The predicted molar refractivity (Wildman–Crippen MR) is 171 cm³/mol. The maximum atomic E-state index is 12.7. The fourth-order valence-corrected chi connectivity index (χ4v) is 5.69. The molecule has 1 aliphatic carbocycles. The van der Waals surface area contributed by atoms with E-state index in [1.807, 2.05) is 0 Å². The van der Waals surface area contributed by atoms with Crippen molar-refractivity contribution in [2.24, 2.45) is 0 Å². The number of allylic oxidation sites excluding steroid dienone is 3. The van der Waals surface area contributed by atoms with E-state index in [4.69, 9.17) is 4.74 Å². The Hall–Kier alpha value is -1.76. The summed E-state index contributed by atoms with van der Waals surface area (Å²) in [6.07, 6.45) is 32.0. The van der Waals surface area contributed by atoms with Gasteiger partial charge >= 0.3 is 5.97 Å². The maximum absolute atomic E-state index is 12.7. The second kappa shape index (κ2) is 26.2. The van der Waals surface area contributed by atoms with Crippen molar-refractivity contribution in [2.45, 2.75) is 175 Å². The standard InChI is InChI=1S/C36H64N2O2/c1-4-7-10-13-16-17-18-19-22-25-30-40-36(39)35(32-37)33-26-27-34(31-33)38(28-23-20-14-11-8-5-2)29-24-21-15-12-9-6-3/h31H,4-30H2,1-3H3/b35-33-. The molecule has 1 rings (SSSR count). The predicted octanol–water partition coefficient (Wildman–Crippen LogP) is 11.0. The number of carbonyl (C=O) groups excluding carboxylic acids is 1. The molecule has 40 heavy (non-hydrogen) atoms. The summed E-state index contributed by atoms with van der Waals surface area (Å²) >= 11 is 0. The summed E-state index contributed by atoms with van der Waals surface area (Å²) in [4.78, 5) is 15.3. The molecule has 0 bridgehead atoms. The first kappa shape index (κ1) is 36.3. The Bertz CT molecular complexity index is 718. The molecule has 230 valence electrons. The third-order valence-corrected chi connectivity index (χ3v) is 8.33. The normalized spacial score (nSPS) is 14.2. The molecule has 0 amide bonds. The van der Waals surface area contributed by atoms with Gasteiger partial charge in [-0.1, -0.05) is 143 Å². The first-order chi connectivity index (χ1) is 19.7. The fourth-order valence-electron chi connectivity index (χ4n) is 5.69. The number of nitriles is 1. The molecule has 0 aromatic heterocycles. The Morgan fingerprint density at radius 1 is 0.675 bits per heavy atom. The van der Waals surface area contributed by atoms with Gasteiger partial charge in [-0.05, 0) is 43.8 Å². The third kappa shape index (κ3) is 17.8. The average molecular weight is 557 g/mol. The summed E-state index contributed by atoms with van der Waals surface area (Å²) in [5.41, 5.74) is 2.41. The number of unbranched alkanes of at least 4 members (excludes halogenated alkanes) is 19. The van der Waals surface area contributed by atoms with E-state index in [1.165, 1.54) is 134 Å². The molecular formula is C36H64N2O2. The van der Waals surface area contributed by atoms with Gasteiger partial charge in [0.05, 0.1) is 6.61 Å². The van der Waals surface area contributed by atoms with Crippen LogP contribution in [0.1, 0.15) is 175 Å². The van der Waals surface area contributed by atoms with Crippen LogP contribution < -0.4 is 0 Å². The van der Waals surface area contributed by atoms with E-state index in [0.29, 0.717) is 6.61 Å². The van der Waals surface area contributed by atoms with E-state index in [2.05, 4.69) is 37.8 Å². The van der Waals surface area contributed by atoms with Gasteiger partial charge in [0, 0.05) is 18.8 Å². The van der Waals surface area contributed by atoms with Gasteiger partial charge in [-0.15, -0.1) is 0 Å². The molecule has 4 nitrogen and oxygen atoms in total. The minimum atomic E-state index is -0.427. The Morgan fingerprint density at radius 3 is 1.55 bits per heavy atom. The van der Waals surface area contributed by atoms with Crippen molar-refractivity contribution in [1.82, 2.24) is 4.90 Å². The second-order valence-electron chi connectivity index (χ2n) is 12.0. The lowest BCUT2D eigenvalue weighted by Crippen LogP contribution is -2.24. The van der Waals surface area contributed by atoms with E-state index in [1.54, 1.807) is 0 Å². The molecule has 4 heteroatoms. The highest BCUT2D eigenvalue weighted by atomic mass is 16.5. The van der Waals surface area contributed by atoms with Crippen LogP contribution >= 0.6 is 0 Å². The molecule has 0 atom stereocenters. The molecule has 0 unspecified atom stereocenters. The highest BCUT2D eigenvalue weighted by Gasteiger charge is 2.22. The van der Waals surface area contributed by atoms with Crippen molar-refractivity contribution in [2.75, 3.05) is 19.7 Å². The number of esters is 1. The van der Waals surface area contributed by atoms with Crippen molar-refractivity contribution in [3.05, 3.63) is 22.9 Å². The van der Waals surface area contributed by atoms with Crippen molar-refractivity contribution in [1.29, 1.82) is 5.26 Å². The van der Waals surface area contributed by atoms with E-state index >= 15 is 0 Å². The van der Waals surface area contributed by atoms with Crippen LogP contribution in [0.25, 0.3) is 0 Å². The summed E-state index contributed by atoms with van der Waals surface area (Å²) in [6.45, 7) is 9.39. The largest absolute Gasteiger partial charge is 0.462 e. The zero-order valence-corrected chi connectivity index (χ0v) is 26.9. The number of nitrogens with zero attached hydrogens (tertiary/aromatic N) is 2. The van der Waals surface area contributed by atoms with Crippen LogP contribution in [0.15, 0.2) is 22.9 Å². The molecule has 1 aliphatic rings. The molecular weight excluding hydrogens is 492 g/mol. The Morgan fingerprint density at radius 2 is 1.10 bits per heavy atom. The van der Waals surface area contributed by atoms with Gasteiger partial charge < -0.3 is 9.64 Å². The minimum Gasteiger partial charge on any atom is -0.462 e. The fraction of sp³-hybridized carbons (Fsp3) is 0.833. The molecule has 0 N–H and O–H groups in total. The topological polar surface area (TPSA) is 53.3 Å². The van der Waals surface area contributed by atoms with Crippen molar-refractivity contribution in [3.8, 4) is 6.07 Å². The first-order valence-electron chi connectivity index (χ1n) is 17.4. The van der Waals surface area contributed by atoms with Gasteiger partial charge in [0.15, 0.2) is 0 Å². The minimum absolute atomic E-state index is 0.223. The smallest absolute Gasteiger partial charge is 0.349 e. The van der Waals surface area contributed by atoms with Crippen molar-refractivity contribution < 1.29 is 9.53 Å². The van der Waals surface area contributed by atoms with E-state index in [0.717, 1.165) is 44.3 Å². The van der Waals surface area contributed by atoms with Crippen LogP contribution in [0.4, 0.5) is 0 Å². The number of carbonyl (C=O) groups is 1. The van der Waals surface area contributed by atoms with Gasteiger partial charge in [-0.3, -0.25) is 0 Å². The number of hydrogen-bond donors (Lipinski definition) is 0. The molecule has 0 aliphatic heterocycles. The quantitative estimate of drug-likeness (QED) is 0.0437. The van der Waals surface area contributed by atoms with Crippen LogP contribution in [-0.2, 0) is 9.53 Å². The summed E-state index contributed by atoms with van der Waals surface area (Å²) in [6, 6.07) is 2.18. The zero-order chi connectivity index (χ0) is 29.1. The summed E-state index contributed by atoms with van der Waals surface area (Å²) < 4.78 is 5.54. The molecule has 0 aromatic carbocycles. The van der Waals surface area contributed by atoms with Crippen LogP contribution in [-0.4, -0.2) is 30.6 Å². The Labute approximate surface area is 249 Å². The number of ether oxygens (including phenoxy) is 1. The van der Waals surface area contributed by atoms with Gasteiger partial charge in [0.1, 0.15) is 11.6 Å². The molecule has 0 aromatic rings. The summed E-state index contributed by atoms with van der Waals surface area (Å²) in [7, 11) is 0. The van der Waals surface area contributed by atoms with Gasteiger partial charge in [0.25, 0.3) is 0 Å². The summed E-state index contributed by atoms with van der Waals surface area (Å²) in [5.74, 6) is -0.427. The lowest BCUT2D eigenvalue weighted by atomic mass is 10.1. The zero-order valence-electron chi connectivity index (χ0n) is 26.9. The van der Waals surface area contributed by atoms with Crippen molar-refractivity contribution >= 4 is 5.97 Å². The van der Waals surface area contributed by atoms with Crippen LogP contribution in [0.5, 0.6) is 0 Å². The SMILES string of the molecule is CCCCCCCCCCCCOC(=O)/C(C#N)=C1\C=C(N(CCCCCCCC)CCCCCCCC)CC1. The Balaban J connectivity index is 2.52. The number of rotatable bonds is 27. The summed E-state index contributed by atoms with van der Waals surface area (Å²) in [5, 5.41) is 9.80. The monoisotopic (exact) mass is 556 g/mol. The van der Waals surface area contributed by atoms with Gasteiger partial charge in [-0.2, -0.15) is 5.26 Å². The van der Waals surface area contributed by atoms with Crippen LogP contribution in [0, 0.1) is 11.3 Å². The van der Waals surface area contributed by atoms with E-state index < -0.39 is 5.97 Å². The lowest BCUT2D eigenvalue weighted by Gasteiger charge is -2.26. The molecule has 0 radical (unpaired) electrons. The Kier molecular flexibility index (Phi) is 23.7. The highest BCUT2D eigenvalue weighted by Crippen LogP contribution is 2.30. The molecule has 0 saturated carbocycles. The molecule has 0 heterocycles. The molecule has 0 saturated heterocycles. The molecule has 0 fully saturated rings. The molecule has 0 spiro atoms. The van der Waals surface area contributed by atoms with E-state index in [-0.39, 0.29) is 5.57 Å². The third-order valence-electron chi connectivity index (χ3n) is 8.33. The number of hydrogen-bond acceptors (Lipinski definition) is 4. The lowest BCUT2D eigenvalue weighted by molar-refractivity contribution is -0.138. The van der Waals surface area contributed by atoms with Crippen molar-refractivity contribution in [3.63, 3.8) is 0 Å². The van der Waals surface area contributed by atoms with E-state index in [9.17, 15) is 10.1 Å². The highest BCUT2D eigenvalue weighted by molar-refractivity contribution is 5.94. The average Bonchev–Trinajstić information content (AvgIpc) is 3.44. The second-order valence-corrected chi connectivity index (χ2v) is 12.0.